The Morgan fingerprint density at radius 3 is 2.74 bits per heavy atom. The van der Waals surface area contributed by atoms with Gasteiger partial charge in [-0.05, 0) is 54.6 Å². The van der Waals surface area contributed by atoms with E-state index in [0.29, 0.717) is 28.6 Å². The van der Waals surface area contributed by atoms with Gasteiger partial charge in [-0.15, -0.1) is 0 Å². The summed E-state index contributed by atoms with van der Waals surface area (Å²) in [5.41, 5.74) is 0.926. The predicted molar refractivity (Wildman–Crippen MR) is 118 cm³/mol. The molecule has 0 fully saturated rings. The fourth-order valence-electron chi connectivity index (χ4n) is 3.01. The van der Waals surface area contributed by atoms with Crippen molar-refractivity contribution in [2.75, 3.05) is 30.5 Å². The number of nitrogens with zero attached hydrogens (tertiary/aromatic N) is 2. The monoisotopic (exact) mass is 483 g/mol. The third-order valence-corrected chi connectivity index (χ3v) is 4.98. The number of pyridine rings is 1. The Kier molecular flexibility index (Phi) is 6.03. The standard InChI is InChI=1S/C22H18BrN3O5/c1-29-15-5-7-16(8-6-15)31-22-17(3-2-10-24-22)25-20(27)12-26-18-9-4-14(23)11-19(18)30-13-21(26)28/h2-11H,12-13H2,1H3,(H,25,27). The van der Waals surface area contributed by atoms with Crippen LogP contribution in [0.1, 0.15) is 0 Å². The molecule has 0 spiro atoms. The maximum absolute atomic E-state index is 12.7. The van der Waals surface area contributed by atoms with E-state index in [1.807, 2.05) is 0 Å². The van der Waals surface area contributed by atoms with Crippen LogP contribution in [0.4, 0.5) is 11.4 Å². The van der Waals surface area contributed by atoms with Crippen LogP contribution in [0, 0.1) is 0 Å². The molecule has 2 aromatic carbocycles. The van der Waals surface area contributed by atoms with Crippen molar-refractivity contribution in [3.8, 4) is 23.1 Å². The summed E-state index contributed by atoms with van der Waals surface area (Å²) in [4.78, 5) is 30.7. The van der Waals surface area contributed by atoms with Crippen molar-refractivity contribution in [3.05, 3.63) is 65.3 Å². The minimum Gasteiger partial charge on any atom is -0.497 e. The summed E-state index contributed by atoms with van der Waals surface area (Å²) in [5.74, 6) is 1.31. The molecule has 1 N–H and O–H groups in total. The number of carbonyl (C=O) groups is 2. The number of halogens is 1. The van der Waals surface area contributed by atoms with E-state index in [0.717, 1.165) is 4.47 Å². The van der Waals surface area contributed by atoms with Crippen molar-refractivity contribution < 1.29 is 23.8 Å². The lowest BCUT2D eigenvalue weighted by atomic mass is 10.2. The summed E-state index contributed by atoms with van der Waals surface area (Å²) in [6.45, 7) is -0.302. The molecule has 0 unspecified atom stereocenters. The quantitative estimate of drug-likeness (QED) is 0.569. The number of rotatable bonds is 6. The zero-order chi connectivity index (χ0) is 21.8. The van der Waals surface area contributed by atoms with Gasteiger partial charge in [0.25, 0.3) is 5.91 Å². The summed E-state index contributed by atoms with van der Waals surface area (Å²) in [6, 6.07) is 15.6. The minimum absolute atomic E-state index is 0.130. The van der Waals surface area contributed by atoms with E-state index >= 15 is 0 Å². The van der Waals surface area contributed by atoms with Crippen LogP contribution in [0.2, 0.25) is 0 Å². The first-order valence-electron chi connectivity index (χ1n) is 9.33. The third kappa shape index (κ3) is 4.77. The number of ether oxygens (including phenoxy) is 3. The van der Waals surface area contributed by atoms with Gasteiger partial charge in [-0.2, -0.15) is 0 Å². The first-order valence-corrected chi connectivity index (χ1v) is 10.1. The molecule has 0 bridgehead atoms. The van der Waals surface area contributed by atoms with E-state index in [1.54, 1.807) is 67.9 Å². The summed E-state index contributed by atoms with van der Waals surface area (Å²) in [6.07, 6.45) is 1.56. The third-order valence-electron chi connectivity index (χ3n) is 4.49. The smallest absolute Gasteiger partial charge is 0.265 e. The first kappa shape index (κ1) is 20.7. The van der Waals surface area contributed by atoms with Crippen LogP contribution in [0.15, 0.2) is 65.3 Å². The van der Waals surface area contributed by atoms with Crippen LogP contribution in [0.25, 0.3) is 0 Å². The topological polar surface area (TPSA) is 90.0 Å². The normalized spacial score (nSPS) is 12.6. The summed E-state index contributed by atoms with van der Waals surface area (Å²) in [5, 5.41) is 2.77. The molecule has 0 atom stereocenters. The van der Waals surface area contributed by atoms with Gasteiger partial charge in [0, 0.05) is 10.7 Å². The molecule has 2 heterocycles. The Bertz CT molecular complexity index is 1120. The molecule has 158 valence electrons. The molecule has 1 aliphatic heterocycles. The minimum atomic E-state index is -0.392. The average Bonchev–Trinajstić information content (AvgIpc) is 2.77. The highest BCUT2D eigenvalue weighted by atomic mass is 79.9. The molecule has 4 rings (SSSR count). The molecule has 31 heavy (non-hydrogen) atoms. The molecule has 2 amide bonds. The lowest BCUT2D eigenvalue weighted by Gasteiger charge is -2.29. The number of anilines is 2. The first-order chi connectivity index (χ1) is 15.0. The molecule has 0 saturated carbocycles. The Morgan fingerprint density at radius 1 is 1.19 bits per heavy atom. The van der Waals surface area contributed by atoms with Crippen molar-refractivity contribution in [3.63, 3.8) is 0 Å². The molecule has 9 heteroatoms. The lowest BCUT2D eigenvalue weighted by molar-refractivity contribution is -0.123. The highest BCUT2D eigenvalue weighted by Crippen LogP contribution is 2.34. The van der Waals surface area contributed by atoms with Gasteiger partial charge in [-0.1, -0.05) is 15.9 Å². The predicted octanol–water partition coefficient (Wildman–Crippen LogP) is 4.01. The van der Waals surface area contributed by atoms with E-state index in [9.17, 15) is 9.59 Å². The van der Waals surface area contributed by atoms with Crippen LogP contribution in [0.3, 0.4) is 0 Å². The maximum Gasteiger partial charge on any atom is 0.265 e. The number of hydrogen-bond donors (Lipinski definition) is 1. The van der Waals surface area contributed by atoms with Crippen LogP contribution in [0.5, 0.6) is 23.1 Å². The van der Waals surface area contributed by atoms with Gasteiger partial charge < -0.3 is 19.5 Å². The van der Waals surface area contributed by atoms with Gasteiger partial charge in [0.2, 0.25) is 11.8 Å². The highest BCUT2D eigenvalue weighted by Gasteiger charge is 2.27. The number of amides is 2. The number of benzene rings is 2. The molecular weight excluding hydrogens is 466 g/mol. The van der Waals surface area contributed by atoms with Crippen LogP contribution in [-0.2, 0) is 9.59 Å². The van der Waals surface area contributed by atoms with E-state index in [4.69, 9.17) is 14.2 Å². The van der Waals surface area contributed by atoms with Crippen molar-refractivity contribution in [2.45, 2.75) is 0 Å². The van der Waals surface area contributed by atoms with Crippen LogP contribution < -0.4 is 24.4 Å². The molecule has 0 radical (unpaired) electrons. The highest BCUT2D eigenvalue weighted by molar-refractivity contribution is 9.10. The Labute approximate surface area is 186 Å². The fourth-order valence-corrected chi connectivity index (χ4v) is 3.35. The van der Waals surface area contributed by atoms with Gasteiger partial charge in [0.15, 0.2) is 6.61 Å². The average molecular weight is 484 g/mol. The van der Waals surface area contributed by atoms with Gasteiger partial charge in [0.1, 0.15) is 29.5 Å². The molecule has 1 aliphatic rings. The fraction of sp³-hybridized carbons (Fsp3) is 0.136. The largest absolute Gasteiger partial charge is 0.497 e. The summed E-state index contributed by atoms with van der Waals surface area (Å²) < 4.78 is 17.2. The van der Waals surface area contributed by atoms with Crippen molar-refractivity contribution >= 4 is 39.1 Å². The van der Waals surface area contributed by atoms with Crippen LogP contribution in [-0.4, -0.2) is 37.1 Å². The number of hydrogen-bond acceptors (Lipinski definition) is 6. The molecule has 8 nitrogen and oxygen atoms in total. The maximum atomic E-state index is 12.7. The Hall–Kier alpha value is -3.59. The SMILES string of the molecule is COc1ccc(Oc2ncccc2NC(=O)CN2C(=O)COc3cc(Br)ccc32)cc1. The van der Waals surface area contributed by atoms with Crippen molar-refractivity contribution in [1.82, 2.24) is 4.98 Å². The molecular formula is C22H18BrN3O5. The van der Waals surface area contributed by atoms with Crippen molar-refractivity contribution in [1.29, 1.82) is 0 Å². The van der Waals surface area contributed by atoms with Crippen molar-refractivity contribution in [2.24, 2.45) is 0 Å². The van der Waals surface area contributed by atoms with Gasteiger partial charge in [0.05, 0.1) is 12.8 Å². The zero-order valence-corrected chi connectivity index (χ0v) is 18.1. The van der Waals surface area contributed by atoms with E-state index in [1.165, 1.54) is 4.90 Å². The molecule has 0 aliphatic carbocycles. The Balaban J connectivity index is 1.49. The number of carbonyl (C=O) groups excluding carboxylic acids is 2. The zero-order valence-electron chi connectivity index (χ0n) is 16.5. The Morgan fingerprint density at radius 2 is 1.97 bits per heavy atom. The van der Waals surface area contributed by atoms with Gasteiger partial charge in [-0.3, -0.25) is 14.5 Å². The second-order valence-corrected chi connectivity index (χ2v) is 7.48. The second-order valence-electron chi connectivity index (χ2n) is 6.56. The number of methoxy groups -OCH3 is 1. The van der Waals surface area contributed by atoms with Gasteiger partial charge >= 0.3 is 0 Å². The number of nitrogens with one attached hydrogen (secondary N) is 1. The number of aromatic nitrogens is 1. The summed E-state index contributed by atoms with van der Waals surface area (Å²) in [7, 11) is 1.58. The van der Waals surface area contributed by atoms with E-state index in [2.05, 4.69) is 26.2 Å². The summed E-state index contributed by atoms with van der Waals surface area (Å²) >= 11 is 3.37. The van der Waals surface area contributed by atoms with E-state index in [-0.39, 0.29) is 24.9 Å². The van der Waals surface area contributed by atoms with E-state index < -0.39 is 5.91 Å². The van der Waals surface area contributed by atoms with Gasteiger partial charge in [-0.25, -0.2) is 4.98 Å². The lowest BCUT2D eigenvalue weighted by Crippen LogP contribution is -2.43. The second kappa shape index (κ2) is 9.05. The van der Waals surface area contributed by atoms with Crippen LogP contribution >= 0.6 is 15.9 Å². The molecule has 0 saturated heterocycles. The molecule has 1 aromatic heterocycles. The number of fused-ring (bicyclic) bond motifs is 1. The molecule has 3 aromatic rings.